The summed E-state index contributed by atoms with van der Waals surface area (Å²) < 4.78 is 34.1. The van der Waals surface area contributed by atoms with Crippen molar-refractivity contribution in [3.8, 4) is 0 Å². The van der Waals surface area contributed by atoms with Gasteiger partial charge < -0.3 is 0 Å². The van der Waals surface area contributed by atoms with Crippen molar-refractivity contribution in [2.75, 3.05) is 5.75 Å². The zero-order chi connectivity index (χ0) is 9.19. The third-order valence-corrected chi connectivity index (χ3v) is 3.40. The van der Waals surface area contributed by atoms with E-state index in [-0.39, 0.29) is 11.7 Å². The molecule has 72 valence electrons. The molecule has 0 heterocycles. The molecular weight excluding hydrogens is 203 g/mol. The standard InChI is InChI=1S/C7H12ClFO2S/c8-12(10,11)5-6-2-1-3-7(9)4-6/h6-7H,1-5H2. The van der Waals surface area contributed by atoms with Gasteiger partial charge in [0.05, 0.1) is 5.75 Å². The molecule has 0 bridgehead atoms. The normalized spacial score (nSPS) is 31.8. The summed E-state index contributed by atoms with van der Waals surface area (Å²) in [7, 11) is 1.62. The minimum absolute atomic E-state index is 0.0729. The van der Waals surface area contributed by atoms with Crippen molar-refractivity contribution in [3.63, 3.8) is 0 Å². The second-order valence-electron chi connectivity index (χ2n) is 3.34. The molecular formula is C7H12ClFO2S. The molecule has 0 aliphatic heterocycles. The Morgan fingerprint density at radius 1 is 1.42 bits per heavy atom. The van der Waals surface area contributed by atoms with Gasteiger partial charge >= 0.3 is 0 Å². The molecule has 1 aliphatic carbocycles. The van der Waals surface area contributed by atoms with E-state index in [1.807, 2.05) is 0 Å². The zero-order valence-electron chi connectivity index (χ0n) is 6.67. The first kappa shape index (κ1) is 10.3. The molecule has 1 aliphatic rings. The van der Waals surface area contributed by atoms with Crippen LogP contribution in [0, 0.1) is 5.92 Å². The third-order valence-electron chi connectivity index (χ3n) is 2.15. The quantitative estimate of drug-likeness (QED) is 0.660. The molecule has 0 aromatic rings. The van der Waals surface area contributed by atoms with E-state index in [1.165, 1.54) is 0 Å². The molecule has 2 nitrogen and oxygen atoms in total. The summed E-state index contributed by atoms with van der Waals surface area (Å²) in [6.07, 6.45) is 1.65. The van der Waals surface area contributed by atoms with Crippen LogP contribution in [0.5, 0.6) is 0 Å². The molecule has 0 spiro atoms. The van der Waals surface area contributed by atoms with Crippen molar-refractivity contribution in [3.05, 3.63) is 0 Å². The summed E-state index contributed by atoms with van der Waals surface area (Å²) >= 11 is 0. The van der Waals surface area contributed by atoms with Gasteiger partial charge in [0, 0.05) is 10.7 Å². The molecule has 0 saturated heterocycles. The molecule has 2 unspecified atom stereocenters. The molecule has 1 fully saturated rings. The number of hydrogen-bond acceptors (Lipinski definition) is 2. The fourth-order valence-electron chi connectivity index (χ4n) is 1.66. The minimum Gasteiger partial charge on any atom is -0.247 e. The summed E-state index contributed by atoms with van der Waals surface area (Å²) in [6, 6.07) is 0. The van der Waals surface area contributed by atoms with Crippen LogP contribution in [0.25, 0.3) is 0 Å². The molecule has 12 heavy (non-hydrogen) atoms. The molecule has 2 atom stereocenters. The van der Waals surface area contributed by atoms with Crippen molar-refractivity contribution in [1.82, 2.24) is 0 Å². The molecule has 0 aromatic carbocycles. The van der Waals surface area contributed by atoms with Gasteiger partial charge in [-0.05, 0) is 25.2 Å². The Bertz CT molecular complexity index is 240. The van der Waals surface area contributed by atoms with Crippen LogP contribution in [0.2, 0.25) is 0 Å². The molecule has 1 saturated carbocycles. The molecule has 1 rings (SSSR count). The Morgan fingerprint density at radius 3 is 2.58 bits per heavy atom. The van der Waals surface area contributed by atoms with E-state index >= 15 is 0 Å². The van der Waals surface area contributed by atoms with Crippen LogP contribution in [0.15, 0.2) is 0 Å². The lowest BCUT2D eigenvalue weighted by atomic mass is 9.89. The Balaban J connectivity index is 2.43. The lowest BCUT2D eigenvalue weighted by molar-refractivity contribution is 0.209. The fourth-order valence-corrected chi connectivity index (χ4v) is 3.06. The van der Waals surface area contributed by atoms with Crippen LogP contribution in [0.3, 0.4) is 0 Å². The topological polar surface area (TPSA) is 34.1 Å². The van der Waals surface area contributed by atoms with E-state index in [4.69, 9.17) is 10.7 Å². The van der Waals surface area contributed by atoms with E-state index in [2.05, 4.69) is 0 Å². The van der Waals surface area contributed by atoms with Crippen LogP contribution >= 0.6 is 10.7 Å². The van der Waals surface area contributed by atoms with E-state index in [0.29, 0.717) is 12.8 Å². The maximum Gasteiger partial charge on any atom is 0.232 e. The highest BCUT2D eigenvalue weighted by Crippen LogP contribution is 2.27. The predicted octanol–water partition coefficient (Wildman–Crippen LogP) is 2.08. The molecule has 0 aromatic heterocycles. The van der Waals surface area contributed by atoms with Crippen molar-refractivity contribution in [1.29, 1.82) is 0 Å². The summed E-state index contributed by atoms with van der Waals surface area (Å²) in [5.74, 6) is -0.147. The van der Waals surface area contributed by atoms with Gasteiger partial charge in [-0.3, -0.25) is 0 Å². The highest BCUT2D eigenvalue weighted by molar-refractivity contribution is 8.13. The van der Waals surface area contributed by atoms with Gasteiger partial charge in [0.15, 0.2) is 0 Å². The SMILES string of the molecule is O=S(=O)(Cl)CC1CCCC(F)C1. The second kappa shape index (κ2) is 3.92. The summed E-state index contributed by atoms with van der Waals surface area (Å²) in [4.78, 5) is 0. The Kier molecular flexibility index (Phi) is 3.35. The van der Waals surface area contributed by atoms with Gasteiger partial charge in [0.2, 0.25) is 9.05 Å². The average molecular weight is 215 g/mol. The van der Waals surface area contributed by atoms with E-state index in [1.54, 1.807) is 0 Å². The summed E-state index contributed by atoms with van der Waals surface area (Å²) in [5, 5.41) is 0. The average Bonchev–Trinajstić information content (AvgIpc) is 1.82. The Labute approximate surface area is 76.5 Å². The smallest absolute Gasteiger partial charge is 0.232 e. The number of rotatable bonds is 2. The van der Waals surface area contributed by atoms with Gasteiger partial charge in [-0.1, -0.05) is 6.42 Å². The van der Waals surface area contributed by atoms with Crippen molar-refractivity contribution < 1.29 is 12.8 Å². The van der Waals surface area contributed by atoms with Crippen LogP contribution in [0.4, 0.5) is 4.39 Å². The van der Waals surface area contributed by atoms with Crippen LogP contribution < -0.4 is 0 Å². The number of hydrogen-bond donors (Lipinski definition) is 0. The predicted molar refractivity (Wildman–Crippen MR) is 46.5 cm³/mol. The maximum atomic E-state index is 12.8. The minimum atomic E-state index is -3.44. The van der Waals surface area contributed by atoms with E-state index < -0.39 is 15.2 Å². The first-order valence-electron chi connectivity index (χ1n) is 4.04. The van der Waals surface area contributed by atoms with Gasteiger partial charge in [-0.2, -0.15) is 0 Å². The van der Waals surface area contributed by atoms with Gasteiger partial charge in [0.25, 0.3) is 0 Å². The van der Waals surface area contributed by atoms with Gasteiger partial charge in [-0.25, -0.2) is 12.8 Å². The van der Waals surface area contributed by atoms with Crippen molar-refractivity contribution in [2.45, 2.75) is 31.9 Å². The van der Waals surface area contributed by atoms with Crippen LogP contribution in [0.1, 0.15) is 25.7 Å². The fraction of sp³-hybridized carbons (Fsp3) is 1.00. The first-order valence-corrected chi connectivity index (χ1v) is 6.51. The molecule has 0 radical (unpaired) electrons. The largest absolute Gasteiger partial charge is 0.247 e. The van der Waals surface area contributed by atoms with Crippen molar-refractivity contribution in [2.24, 2.45) is 5.92 Å². The van der Waals surface area contributed by atoms with Gasteiger partial charge in [0.1, 0.15) is 6.17 Å². The highest BCUT2D eigenvalue weighted by Gasteiger charge is 2.24. The Morgan fingerprint density at radius 2 is 2.08 bits per heavy atom. The highest BCUT2D eigenvalue weighted by atomic mass is 35.7. The van der Waals surface area contributed by atoms with Crippen LogP contribution in [-0.2, 0) is 9.05 Å². The lowest BCUT2D eigenvalue weighted by Gasteiger charge is -2.22. The maximum absolute atomic E-state index is 12.8. The summed E-state index contributed by atoms with van der Waals surface area (Å²) in [6.45, 7) is 0. The zero-order valence-corrected chi connectivity index (χ0v) is 8.24. The second-order valence-corrected chi connectivity index (χ2v) is 6.16. The molecule has 5 heteroatoms. The number of halogens is 2. The van der Waals surface area contributed by atoms with Gasteiger partial charge in [-0.15, -0.1) is 0 Å². The van der Waals surface area contributed by atoms with Crippen LogP contribution in [-0.4, -0.2) is 20.3 Å². The molecule has 0 amide bonds. The number of alkyl halides is 1. The monoisotopic (exact) mass is 214 g/mol. The first-order chi connectivity index (χ1) is 5.47. The van der Waals surface area contributed by atoms with Crippen molar-refractivity contribution >= 4 is 19.7 Å². The summed E-state index contributed by atoms with van der Waals surface area (Å²) in [5.41, 5.74) is 0. The van der Waals surface area contributed by atoms with E-state index in [9.17, 15) is 12.8 Å². The third kappa shape index (κ3) is 3.72. The molecule has 0 N–H and O–H groups in total. The lowest BCUT2D eigenvalue weighted by Crippen LogP contribution is -2.21. The Hall–Kier alpha value is 0.170. The van der Waals surface area contributed by atoms with E-state index in [0.717, 1.165) is 12.8 Å².